The molecule has 0 bridgehead atoms. The minimum absolute atomic E-state index is 0.151. The Kier molecular flexibility index (Phi) is 5.14. The molecule has 26 heavy (non-hydrogen) atoms. The Morgan fingerprint density at radius 1 is 1.08 bits per heavy atom. The fourth-order valence-electron chi connectivity index (χ4n) is 2.83. The lowest BCUT2D eigenvalue weighted by atomic mass is 10.0. The molecule has 6 heteroatoms. The molecular formula is C20H19FN2O3. The Morgan fingerprint density at radius 2 is 1.81 bits per heavy atom. The van der Waals surface area contributed by atoms with Crippen LogP contribution in [0.1, 0.15) is 11.1 Å². The van der Waals surface area contributed by atoms with Crippen molar-refractivity contribution in [3.8, 4) is 0 Å². The van der Waals surface area contributed by atoms with Crippen LogP contribution >= 0.6 is 0 Å². The van der Waals surface area contributed by atoms with Gasteiger partial charge in [-0.05, 0) is 42.3 Å². The summed E-state index contributed by atoms with van der Waals surface area (Å²) < 4.78 is 18.3. The summed E-state index contributed by atoms with van der Waals surface area (Å²) in [5.74, 6) is -1.25. The van der Waals surface area contributed by atoms with Gasteiger partial charge in [0.1, 0.15) is 11.5 Å². The van der Waals surface area contributed by atoms with Crippen LogP contribution in [0.2, 0.25) is 0 Å². The molecule has 1 aliphatic heterocycles. The summed E-state index contributed by atoms with van der Waals surface area (Å²) in [6, 6.07) is 13.0. The molecule has 0 aliphatic carbocycles. The first-order valence-electron chi connectivity index (χ1n) is 8.20. The molecule has 2 aromatic rings. The number of ether oxygens (including phenoxy) is 1. The Morgan fingerprint density at radius 3 is 2.46 bits per heavy atom. The number of hydrogen-bond acceptors (Lipinski definition) is 4. The molecular weight excluding hydrogens is 335 g/mol. The van der Waals surface area contributed by atoms with Crippen LogP contribution in [0, 0.1) is 12.7 Å². The molecule has 0 fully saturated rings. The van der Waals surface area contributed by atoms with Gasteiger partial charge in [-0.15, -0.1) is 0 Å². The number of amides is 2. The second kappa shape index (κ2) is 7.49. The normalized spacial score (nSPS) is 14.3. The third-order valence-corrected chi connectivity index (χ3v) is 4.11. The van der Waals surface area contributed by atoms with Gasteiger partial charge in [-0.2, -0.15) is 0 Å². The molecule has 0 saturated heterocycles. The minimum Gasteiger partial charge on any atom is -0.383 e. The van der Waals surface area contributed by atoms with Crippen molar-refractivity contribution < 1.29 is 18.7 Å². The van der Waals surface area contributed by atoms with Crippen LogP contribution in [0.15, 0.2) is 54.2 Å². The van der Waals surface area contributed by atoms with E-state index < -0.39 is 17.6 Å². The average molecular weight is 354 g/mol. The summed E-state index contributed by atoms with van der Waals surface area (Å²) in [5, 5.41) is 3.06. The Hall–Kier alpha value is -2.99. The van der Waals surface area contributed by atoms with E-state index in [2.05, 4.69) is 5.32 Å². The number of methoxy groups -OCH3 is 1. The van der Waals surface area contributed by atoms with Crippen LogP contribution in [0.25, 0.3) is 5.57 Å². The number of benzene rings is 2. The fourth-order valence-corrected chi connectivity index (χ4v) is 2.83. The number of aryl methyl sites for hydroxylation is 1. The van der Waals surface area contributed by atoms with E-state index in [9.17, 15) is 14.0 Å². The van der Waals surface area contributed by atoms with Crippen LogP contribution in [0.5, 0.6) is 0 Å². The number of hydrogen-bond donors (Lipinski definition) is 1. The van der Waals surface area contributed by atoms with Gasteiger partial charge in [0.25, 0.3) is 11.8 Å². The summed E-state index contributed by atoms with van der Waals surface area (Å²) in [4.78, 5) is 26.8. The maximum absolute atomic E-state index is 13.3. The first-order chi connectivity index (χ1) is 12.5. The second-order valence-electron chi connectivity index (χ2n) is 6.01. The van der Waals surface area contributed by atoms with Crippen molar-refractivity contribution in [2.75, 3.05) is 25.6 Å². The van der Waals surface area contributed by atoms with Gasteiger partial charge in [0.05, 0.1) is 18.7 Å². The summed E-state index contributed by atoms with van der Waals surface area (Å²) in [6.45, 7) is 2.33. The van der Waals surface area contributed by atoms with Crippen LogP contribution in [0.3, 0.4) is 0 Å². The largest absolute Gasteiger partial charge is 0.383 e. The number of anilines is 1. The Balaban J connectivity index is 2.03. The zero-order valence-electron chi connectivity index (χ0n) is 14.6. The van der Waals surface area contributed by atoms with Crippen LogP contribution in [-0.4, -0.2) is 37.0 Å². The van der Waals surface area contributed by atoms with Crippen molar-refractivity contribution >= 4 is 23.1 Å². The fraction of sp³-hybridized carbons (Fsp3) is 0.200. The molecule has 0 atom stereocenters. The molecule has 0 saturated carbocycles. The van der Waals surface area contributed by atoms with Crippen molar-refractivity contribution in [1.82, 2.24) is 4.90 Å². The predicted molar refractivity (Wildman–Crippen MR) is 96.7 cm³/mol. The summed E-state index contributed by atoms with van der Waals surface area (Å²) >= 11 is 0. The number of carbonyl (C=O) groups excluding carboxylic acids is 2. The highest BCUT2D eigenvalue weighted by Gasteiger charge is 2.38. The van der Waals surface area contributed by atoms with E-state index in [1.54, 1.807) is 0 Å². The number of halogens is 1. The van der Waals surface area contributed by atoms with Crippen molar-refractivity contribution in [3.63, 3.8) is 0 Å². The molecule has 134 valence electrons. The van der Waals surface area contributed by atoms with E-state index in [1.165, 1.54) is 31.4 Å². The van der Waals surface area contributed by atoms with Gasteiger partial charge in [0.2, 0.25) is 0 Å². The molecule has 0 spiro atoms. The van der Waals surface area contributed by atoms with E-state index in [1.807, 2.05) is 31.2 Å². The molecule has 2 amide bonds. The average Bonchev–Trinajstić information content (AvgIpc) is 2.84. The molecule has 1 aliphatic rings. The summed E-state index contributed by atoms with van der Waals surface area (Å²) in [6.07, 6.45) is 0. The molecule has 0 radical (unpaired) electrons. The van der Waals surface area contributed by atoms with Crippen LogP contribution in [0.4, 0.5) is 10.1 Å². The molecule has 0 aromatic heterocycles. The van der Waals surface area contributed by atoms with E-state index in [4.69, 9.17) is 4.74 Å². The molecule has 1 heterocycles. The quantitative estimate of drug-likeness (QED) is 0.811. The SMILES string of the molecule is COCCN1C(=O)C(Nc2cccc(C)c2)=C(c2ccc(F)cc2)C1=O. The van der Waals surface area contributed by atoms with Crippen molar-refractivity contribution in [3.05, 3.63) is 71.2 Å². The lowest BCUT2D eigenvalue weighted by molar-refractivity contribution is -0.137. The van der Waals surface area contributed by atoms with E-state index >= 15 is 0 Å². The number of nitrogens with one attached hydrogen (secondary N) is 1. The zero-order valence-corrected chi connectivity index (χ0v) is 14.6. The highest BCUT2D eigenvalue weighted by atomic mass is 19.1. The first-order valence-corrected chi connectivity index (χ1v) is 8.20. The highest BCUT2D eigenvalue weighted by molar-refractivity contribution is 6.36. The topological polar surface area (TPSA) is 58.6 Å². The Bertz CT molecular complexity index is 875. The first kappa shape index (κ1) is 17.8. The monoisotopic (exact) mass is 354 g/mol. The number of carbonyl (C=O) groups is 2. The van der Waals surface area contributed by atoms with Crippen molar-refractivity contribution in [2.45, 2.75) is 6.92 Å². The molecule has 5 nitrogen and oxygen atoms in total. The Labute approximate surface area is 151 Å². The van der Waals surface area contributed by atoms with Crippen LogP contribution < -0.4 is 5.32 Å². The van der Waals surface area contributed by atoms with Gasteiger partial charge in [0.15, 0.2) is 0 Å². The molecule has 1 N–H and O–H groups in total. The second-order valence-corrected chi connectivity index (χ2v) is 6.01. The van der Waals surface area contributed by atoms with Crippen LogP contribution in [-0.2, 0) is 14.3 Å². The third-order valence-electron chi connectivity index (χ3n) is 4.11. The van der Waals surface area contributed by atoms with Crippen molar-refractivity contribution in [1.29, 1.82) is 0 Å². The van der Waals surface area contributed by atoms with Gasteiger partial charge >= 0.3 is 0 Å². The third kappa shape index (κ3) is 3.50. The smallest absolute Gasteiger partial charge is 0.278 e. The maximum atomic E-state index is 13.3. The van der Waals surface area contributed by atoms with E-state index in [-0.39, 0.29) is 24.4 Å². The molecule has 0 unspecified atom stereocenters. The molecule has 2 aromatic carbocycles. The lowest BCUT2D eigenvalue weighted by Crippen LogP contribution is -2.35. The summed E-state index contributed by atoms with van der Waals surface area (Å²) in [5.41, 5.74) is 2.62. The van der Waals surface area contributed by atoms with Gasteiger partial charge in [0, 0.05) is 12.8 Å². The minimum atomic E-state index is -0.423. The standard InChI is InChI=1S/C20H19FN2O3/c1-13-4-3-5-16(12-13)22-18-17(14-6-8-15(21)9-7-14)19(24)23(20(18)25)10-11-26-2/h3-9,12,22H,10-11H2,1-2H3. The van der Waals surface area contributed by atoms with E-state index in [0.29, 0.717) is 11.3 Å². The molecule has 3 rings (SSSR count). The number of rotatable bonds is 6. The zero-order chi connectivity index (χ0) is 18.7. The van der Waals surface area contributed by atoms with E-state index in [0.717, 1.165) is 10.5 Å². The highest BCUT2D eigenvalue weighted by Crippen LogP contribution is 2.30. The van der Waals surface area contributed by atoms with Crippen molar-refractivity contribution in [2.24, 2.45) is 0 Å². The van der Waals surface area contributed by atoms with Gasteiger partial charge in [-0.3, -0.25) is 14.5 Å². The number of nitrogens with zero attached hydrogens (tertiary/aromatic N) is 1. The van der Waals surface area contributed by atoms with Gasteiger partial charge < -0.3 is 10.1 Å². The van der Waals surface area contributed by atoms with Gasteiger partial charge in [-0.1, -0.05) is 24.3 Å². The lowest BCUT2D eigenvalue weighted by Gasteiger charge is -2.14. The summed E-state index contributed by atoms with van der Waals surface area (Å²) in [7, 11) is 1.51. The number of imide groups is 1. The predicted octanol–water partition coefficient (Wildman–Crippen LogP) is 2.97. The van der Waals surface area contributed by atoms with Gasteiger partial charge in [-0.25, -0.2) is 4.39 Å². The maximum Gasteiger partial charge on any atom is 0.278 e.